The summed E-state index contributed by atoms with van der Waals surface area (Å²) in [6, 6.07) is 21.4. The Labute approximate surface area is 190 Å². The van der Waals surface area contributed by atoms with Crippen molar-refractivity contribution >= 4 is 37.5 Å². The van der Waals surface area contributed by atoms with Gasteiger partial charge in [-0.3, -0.25) is 4.79 Å². The number of hydrogen-bond acceptors (Lipinski definition) is 4. The van der Waals surface area contributed by atoms with Crippen LogP contribution >= 0.6 is 15.9 Å². The van der Waals surface area contributed by atoms with E-state index in [1.807, 2.05) is 37.3 Å². The molecule has 8 heteroatoms. The Balaban J connectivity index is 1.81. The summed E-state index contributed by atoms with van der Waals surface area (Å²) < 4.78 is 34.5. The minimum Gasteiger partial charge on any atom is -0.494 e. The van der Waals surface area contributed by atoms with Gasteiger partial charge in [-0.05, 0) is 67.4 Å². The molecule has 3 aromatic rings. The lowest BCUT2D eigenvalue weighted by Crippen LogP contribution is -2.45. The van der Waals surface area contributed by atoms with Gasteiger partial charge in [-0.15, -0.1) is 0 Å². The van der Waals surface area contributed by atoms with Crippen molar-refractivity contribution in [2.45, 2.75) is 24.3 Å². The van der Waals surface area contributed by atoms with E-state index in [0.717, 1.165) is 10.0 Å². The average molecular weight is 503 g/mol. The Bertz CT molecular complexity index is 1100. The van der Waals surface area contributed by atoms with E-state index >= 15 is 0 Å². The molecule has 1 amide bonds. The number of benzene rings is 3. The summed E-state index contributed by atoms with van der Waals surface area (Å²) in [7, 11) is -3.90. The molecule has 0 saturated heterocycles. The van der Waals surface area contributed by atoms with Crippen molar-refractivity contribution < 1.29 is 17.9 Å². The number of nitrogens with one attached hydrogen (secondary N) is 2. The number of carbonyl (C=O) groups is 1. The number of carbonyl (C=O) groups excluding carboxylic acids is 1. The third-order valence-corrected chi connectivity index (χ3v) is 6.47. The fourth-order valence-electron chi connectivity index (χ4n) is 2.94. The van der Waals surface area contributed by atoms with Gasteiger partial charge in [0.25, 0.3) is 0 Å². The molecule has 3 rings (SSSR count). The van der Waals surface area contributed by atoms with Gasteiger partial charge in [-0.25, -0.2) is 8.42 Å². The standard InChI is InChI=1S/C23H23BrN2O4S/c1-2-30-20-12-10-19(11-13-20)25-23(27)22(16-17-6-4-3-5-7-17)26-31(28,29)21-14-8-18(24)9-15-21/h3-15,22,26H,2,16H2,1H3,(H,25,27)/t22-/m1/s1. The van der Waals surface area contributed by atoms with Crippen LogP contribution in [0, 0.1) is 0 Å². The first kappa shape index (κ1) is 23.0. The zero-order valence-electron chi connectivity index (χ0n) is 16.9. The van der Waals surface area contributed by atoms with E-state index in [-0.39, 0.29) is 11.3 Å². The van der Waals surface area contributed by atoms with Crippen molar-refractivity contribution in [2.75, 3.05) is 11.9 Å². The topological polar surface area (TPSA) is 84.5 Å². The lowest BCUT2D eigenvalue weighted by atomic mass is 10.1. The summed E-state index contributed by atoms with van der Waals surface area (Å²) in [6.07, 6.45) is 0.208. The maximum atomic E-state index is 13.0. The molecule has 1 atom stereocenters. The zero-order chi connectivity index (χ0) is 22.3. The van der Waals surface area contributed by atoms with E-state index in [4.69, 9.17) is 4.74 Å². The molecule has 0 aliphatic carbocycles. The van der Waals surface area contributed by atoms with Crippen LogP contribution in [-0.4, -0.2) is 27.0 Å². The predicted molar refractivity (Wildman–Crippen MR) is 125 cm³/mol. The molecule has 162 valence electrons. The smallest absolute Gasteiger partial charge is 0.242 e. The van der Waals surface area contributed by atoms with E-state index < -0.39 is 22.0 Å². The first-order valence-electron chi connectivity index (χ1n) is 9.73. The maximum Gasteiger partial charge on any atom is 0.242 e. The van der Waals surface area contributed by atoms with Gasteiger partial charge in [-0.1, -0.05) is 46.3 Å². The van der Waals surface area contributed by atoms with Gasteiger partial charge >= 0.3 is 0 Å². The second-order valence-electron chi connectivity index (χ2n) is 6.76. The highest BCUT2D eigenvalue weighted by Gasteiger charge is 2.26. The van der Waals surface area contributed by atoms with Crippen LogP contribution in [0.2, 0.25) is 0 Å². The van der Waals surface area contributed by atoms with Crippen molar-refractivity contribution in [1.29, 1.82) is 0 Å². The summed E-state index contributed by atoms with van der Waals surface area (Å²) in [4.78, 5) is 13.1. The first-order chi connectivity index (χ1) is 14.9. The van der Waals surface area contributed by atoms with Crippen LogP contribution in [0.25, 0.3) is 0 Å². The molecule has 2 N–H and O–H groups in total. The fraction of sp³-hybridized carbons (Fsp3) is 0.174. The highest BCUT2D eigenvalue weighted by Crippen LogP contribution is 2.18. The van der Waals surface area contributed by atoms with Gasteiger partial charge in [0.15, 0.2) is 0 Å². The molecule has 0 spiro atoms. The number of ether oxygens (including phenoxy) is 1. The van der Waals surface area contributed by atoms with Gasteiger partial charge in [0.05, 0.1) is 11.5 Å². The van der Waals surface area contributed by atoms with E-state index in [2.05, 4.69) is 26.0 Å². The van der Waals surface area contributed by atoms with Crippen molar-refractivity contribution in [3.05, 3.63) is 88.9 Å². The molecule has 0 heterocycles. The lowest BCUT2D eigenvalue weighted by molar-refractivity contribution is -0.117. The summed E-state index contributed by atoms with van der Waals surface area (Å²) in [5.41, 5.74) is 1.39. The van der Waals surface area contributed by atoms with Gasteiger partial charge in [0, 0.05) is 10.2 Å². The summed E-state index contributed by atoms with van der Waals surface area (Å²) >= 11 is 3.29. The normalized spacial score (nSPS) is 12.2. The van der Waals surface area contributed by atoms with Crippen LogP contribution in [0.15, 0.2) is 88.2 Å². The van der Waals surface area contributed by atoms with E-state index in [0.29, 0.717) is 18.0 Å². The van der Waals surface area contributed by atoms with Crippen molar-refractivity contribution in [2.24, 2.45) is 0 Å². The maximum absolute atomic E-state index is 13.0. The quantitative estimate of drug-likeness (QED) is 0.454. The second-order valence-corrected chi connectivity index (χ2v) is 9.39. The Morgan fingerprint density at radius 1 is 0.968 bits per heavy atom. The monoisotopic (exact) mass is 502 g/mol. The molecule has 0 radical (unpaired) electrons. The Morgan fingerprint density at radius 2 is 1.61 bits per heavy atom. The molecule has 6 nitrogen and oxygen atoms in total. The number of rotatable bonds is 9. The van der Waals surface area contributed by atoms with Crippen LogP contribution in [0.3, 0.4) is 0 Å². The van der Waals surface area contributed by atoms with E-state index in [1.54, 1.807) is 36.4 Å². The minimum absolute atomic E-state index is 0.0858. The largest absolute Gasteiger partial charge is 0.494 e. The summed E-state index contributed by atoms with van der Waals surface area (Å²) in [5, 5.41) is 2.79. The van der Waals surface area contributed by atoms with E-state index in [1.165, 1.54) is 12.1 Å². The van der Waals surface area contributed by atoms with Gasteiger partial charge in [0.2, 0.25) is 15.9 Å². The average Bonchev–Trinajstić information content (AvgIpc) is 2.76. The zero-order valence-corrected chi connectivity index (χ0v) is 19.3. The van der Waals surface area contributed by atoms with Crippen LogP contribution in [0.5, 0.6) is 5.75 Å². The molecule has 0 saturated carbocycles. The van der Waals surface area contributed by atoms with Crippen LogP contribution in [-0.2, 0) is 21.2 Å². The van der Waals surface area contributed by atoms with Crippen LogP contribution < -0.4 is 14.8 Å². The second kappa shape index (κ2) is 10.6. The number of sulfonamides is 1. The third kappa shape index (κ3) is 6.65. The van der Waals surface area contributed by atoms with E-state index in [9.17, 15) is 13.2 Å². The number of amides is 1. The number of halogens is 1. The molecular weight excluding hydrogens is 480 g/mol. The Morgan fingerprint density at radius 3 is 2.23 bits per heavy atom. The van der Waals surface area contributed by atoms with Gasteiger partial charge in [0.1, 0.15) is 11.8 Å². The molecular formula is C23H23BrN2O4S. The van der Waals surface area contributed by atoms with Crippen LogP contribution in [0.1, 0.15) is 12.5 Å². The first-order valence-corrected chi connectivity index (χ1v) is 12.0. The van der Waals surface area contributed by atoms with Crippen molar-refractivity contribution in [1.82, 2.24) is 4.72 Å². The molecule has 3 aromatic carbocycles. The van der Waals surface area contributed by atoms with Crippen LogP contribution in [0.4, 0.5) is 5.69 Å². The number of anilines is 1. The number of hydrogen-bond donors (Lipinski definition) is 2. The highest BCUT2D eigenvalue weighted by molar-refractivity contribution is 9.10. The Hall–Kier alpha value is -2.68. The molecule has 0 unspecified atom stereocenters. The molecule has 0 aliphatic rings. The fourth-order valence-corrected chi connectivity index (χ4v) is 4.40. The van der Waals surface area contributed by atoms with Crippen molar-refractivity contribution in [3.8, 4) is 5.75 Å². The molecule has 0 fully saturated rings. The van der Waals surface area contributed by atoms with Gasteiger partial charge in [-0.2, -0.15) is 4.72 Å². The summed E-state index contributed by atoms with van der Waals surface area (Å²) in [5.74, 6) is 0.242. The molecule has 31 heavy (non-hydrogen) atoms. The van der Waals surface area contributed by atoms with Crippen molar-refractivity contribution in [3.63, 3.8) is 0 Å². The van der Waals surface area contributed by atoms with Gasteiger partial charge < -0.3 is 10.1 Å². The minimum atomic E-state index is -3.90. The SMILES string of the molecule is CCOc1ccc(NC(=O)[C@@H](Cc2ccccc2)NS(=O)(=O)c2ccc(Br)cc2)cc1. The molecule has 0 bridgehead atoms. The highest BCUT2D eigenvalue weighted by atomic mass is 79.9. The summed E-state index contributed by atoms with van der Waals surface area (Å²) in [6.45, 7) is 2.43. The molecule has 0 aromatic heterocycles. The predicted octanol–water partition coefficient (Wildman–Crippen LogP) is 4.38. The third-order valence-electron chi connectivity index (χ3n) is 4.45. The lowest BCUT2D eigenvalue weighted by Gasteiger charge is -2.19. The molecule has 0 aliphatic heterocycles. The Kier molecular flexibility index (Phi) is 7.84.